The number of carboxylic acids is 1. The van der Waals surface area contributed by atoms with Crippen molar-refractivity contribution in [3.8, 4) is 0 Å². The van der Waals surface area contributed by atoms with Crippen LogP contribution in [-0.2, 0) is 28.6 Å². The van der Waals surface area contributed by atoms with Crippen LogP contribution in [0.15, 0.2) is 30.3 Å². The lowest BCUT2D eigenvalue weighted by Gasteiger charge is -2.30. The van der Waals surface area contributed by atoms with Crippen molar-refractivity contribution in [2.45, 2.75) is 77.0 Å². The molecule has 0 aliphatic rings. The third-order valence-electron chi connectivity index (χ3n) is 4.60. The molecule has 11 heteroatoms. The molecule has 0 aliphatic carbocycles. The van der Waals surface area contributed by atoms with Crippen LogP contribution in [0.4, 0.5) is 4.79 Å². The first-order valence-corrected chi connectivity index (χ1v) is 14.0. The van der Waals surface area contributed by atoms with Gasteiger partial charge in [-0.15, -0.1) is 0 Å². The van der Waals surface area contributed by atoms with Crippen molar-refractivity contribution in [3.63, 3.8) is 0 Å². The number of aliphatic carboxylic acids is 1. The number of nitrogens with zero attached hydrogens (tertiary/aromatic N) is 1. The van der Waals surface area contributed by atoms with Crippen LogP contribution in [0.5, 0.6) is 0 Å². The average molecular weight is 508 g/mol. The van der Waals surface area contributed by atoms with E-state index in [9.17, 15) is 19.3 Å². The number of rotatable bonds is 15. The van der Waals surface area contributed by atoms with E-state index in [4.69, 9.17) is 12.7 Å². The topological polar surface area (TPSA) is 102 Å². The minimum Gasteiger partial charge on any atom is -0.480 e. The molecule has 182 valence electrons. The Morgan fingerprint density at radius 1 is 1.00 bits per heavy atom. The van der Waals surface area contributed by atoms with Crippen molar-refractivity contribution in [3.05, 3.63) is 35.9 Å². The Morgan fingerprint density at radius 3 is 1.97 bits per heavy atom. The number of carboxylic acid groups (broad SMARTS) is 1. The second-order valence-electron chi connectivity index (χ2n) is 7.30. The van der Waals surface area contributed by atoms with Gasteiger partial charge in [0.25, 0.3) is 0 Å². The lowest BCUT2D eigenvalue weighted by atomic mass is 10.2. The molecule has 8 nitrogen and oxygen atoms in total. The Hall–Kier alpha value is -1.19. The molecular weight excluding hydrogens is 473 g/mol. The number of carbonyl (C=O) groups is 2. The van der Waals surface area contributed by atoms with E-state index in [1.165, 1.54) is 0 Å². The molecule has 1 aromatic rings. The summed E-state index contributed by atoms with van der Waals surface area (Å²) in [6, 6.07) is 7.79. The molecule has 0 saturated heterocycles. The predicted octanol–water partition coefficient (Wildman–Crippen LogP) is 6.57. The van der Waals surface area contributed by atoms with Crippen LogP contribution in [0.1, 0.15) is 59.4 Å². The van der Waals surface area contributed by atoms with Gasteiger partial charge < -0.3 is 9.84 Å². The third-order valence-corrected chi connectivity index (χ3v) is 9.09. The van der Waals surface area contributed by atoms with Crippen LogP contribution >= 0.6 is 31.7 Å². The van der Waals surface area contributed by atoms with Crippen LogP contribution in [-0.4, -0.2) is 44.9 Å². The Bertz CT molecular complexity index is 735. The summed E-state index contributed by atoms with van der Waals surface area (Å²) < 4.78 is 30.1. The first kappa shape index (κ1) is 28.8. The van der Waals surface area contributed by atoms with E-state index in [2.05, 4.69) is 0 Å². The average Bonchev–Trinajstić information content (AvgIpc) is 2.79. The molecule has 1 amide bonds. The van der Waals surface area contributed by atoms with Crippen molar-refractivity contribution >= 4 is 43.7 Å². The molecule has 0 aliphatic heterocycles. The first-order chi connectivity index (χ1) is 15.2. The number of amides is 1. The molecule has 0 fully saturated rings. The van der Waals surface area contributed by atoms with Gasteiger partial charge in [-0.2, -0.15) is 0 Å². The maximum atomic E-state index is 13.6. The van der Waals surface area contributed by atoms with E-state index in [-0.39, 0.29) is 23.5 Å². The molecular formula is C21H34NO7PS2. The summed E-state index contributed by atoms with van der Waals surface area (Å²) in [6.45, 7) is 9.34. The molecule has 0 saturated carbocycles. The van der Waals surface area contributed by atoms with E-state index < -0.39 is 32.0 Å². The van der Waals surface area contributed by atoms with Gasteiger partial charge in [0.1, 0.15) is 18.9 Å². The Kier molecular flexibility index (Phi) is 13.4. The van der Waals surface area contributed by atoms with Gasteiger partial charge in [-0.3, -0.25) is 9.46 Å². The maximum Gasteiger partial charge on any atom is 0.411 e. The quantitative estimate of drug-likeness (QED) is 0.209. The number of carbonyl (C=O) groups excluding carboxylic acids is 1. The summed E-state index contributed by atoms with van der Waals surface area (Å²) in [5.41, 5.74) is 0.750. The summed E-state index contributed by atoms with van der Waals surface area (Å²) in [4.78, 5) is 25.6. The smallest absolute Gasteiger partial charge is 0.411 e. The lowest BCUT2D eigenvalue weighted by molar-refractivity contribution is -0.142. The van der Waals surface area contributed by atoms with Gasteiger partial charge in [0.2, 0.25) is 0 Å². The molecule has 32 heavy (non-hydrogen) atoms. The minimum atomic E-state index is -3.88. The second-order valence-corrected chi connectivity index (χ2v) is 12.0. The fourth-order valence-corrected chi connectivity index (χ4v) is 6.16. The van der Waals surface area contributed by atoms with Gasteiger partial charge in [-0.05, 0) is 24.8 Å². The van der Waals surface area contributed by atoms with E-state index >= 15 is 0 Å². The molecule has 1 N–H and O–H groups in total. The van der Waals surface area contributed by atoms with Crippen molar-refractivity contribution in [1.82, 2.24) is 4.90 Å². The lowest BCUT2D eigenvalue weighted by Crippen LogP contribution is -2.45. The highest BCUT2D eigenvalue weighted by Crippen LogP contribution is 2.56. The molecule has 0 aromatic heterocycles. The molecule has 0 heterocycles. The van der Waals surface area contributed by atoms with E-state index in [1.54, 1.807) is 31.2 Å². The first-order valence-electron chi connectivity index (χ1n) is 10.6. The molecule has 1 rings (SSSR count). The zero-order valence-electron chi connectivity index (χ0n) is 19.3. The van der Waals surface area contributed by atoms with Crippen molar-refractivity contribution in [1.29, 1.82) is 0 Å². The summed E-state index contributed by atoms with van der Waals surface area (Å²) >= 11 is 2.01. The summed E-state index contributed by atoms with van der Waals surface area (Å²) in [5, 5.41) is 9.74. The zero-order chi connectivity index (χ0) is 24.1. The van der Waals surface area contributed by atoms with Gasteiger partial charge in [-0.1, -0.05) is 65.0 Å². The number of hydrogen-bond acceptors (Lipinski definition) is 8. The second kappa shape index (κ2) is 14.9. The van der Waals surface area contributed by atoms with Crippen molar-refractivity contribution in [2.75, 3.05) is 6.29 Å². The molecule has 3 atom stereocenters. The van der Waals surface area contributed by atoms with Crippen LogP contribution in [0.25, 0.3) is 0 Å². The van der Waals surface area contributed by atoms with Crippen LogP contribution in [0.2, 0.25) is 0 Å². The predicted molar refractivity (Wildman–Crippen MR) is 130 cm³/mol. The molecule has 0 spiro atoms. The molecule has 0 radical (unpaired) electrons. The summed E-state index contributed by atoms with van der Waals surface area (Å²) in [6.07, 6.45) is 0.236. The maximum absolute atomic E-state index is 13.6. The Labute approximate surface area is 199 Å². The van der Waals surface area contributed by atoms with Crippen LogP contribution in [0, 0.1) is 0 Å². The highest BCUT2D eigenvalue weighted by molar-refractivity contribution is 8.02. The largest absolute Gasteiger partial charge is 0.480 e. The third kappa shape index (κ3) is 10.2. The van der Waals surface area contributed by atoms with E-state index in [1.807, 2.05) is 33.8 Å². The number of hydrogen-bond donors (Lipinski definition) is 1. The fraction of sp³-hybridized carbons (Fsp3) is 0.619. The summed E-state index contributed by atoms with van der Waals surface area (Å²) in [5.74, 6) is -1.22. The monoisotopic (exact) mass is 507 g/mol. The SMILES string of the molecule is CCC(C)SOP(=O)(CN(C(=O)OCc1ccccc1)C(CC)C(=O)O)OSC(C)CC. The molecule has 3 unspecified atom stereocenters. The van der Waals surface area contributed by atoms with Gasteiger partial charge in [0.15, 0.2) is 0 Å². The molecule has 0 bridgehead atoms. The minimum absolute atomic E-state index is 0.0402. The number of benzene rings is 1. The normalized spacial score (nSPS) is 15.9. The van der Waals surface area contributed by atoms with Crippen LogP contribution < -0.4 is 0 Å². The Morgan fingerprint density at radius 2 is 1.53 bits per heavy atom. The van der Waals surface area contributed by atoms with Gasteiger partial charge in [0.05, 0.1) is 0 Å². The van der Waals surface area contributed by atoms with Crippen molar-refractivity contribution < 1.29 is 31.9 Å². The Balaban J connectivity index is 3.08. The fourth-order valence-electron chi connectivity index (χ4n) is 2.27. The van der Waals surface area contributed by atoms with Gasteiger partial charge >= 0.3 is 19.7 Å². The van der Waals surface area contributed by atoms with E-state index in [0.29, 0.717) is 0 Å². The van der Waals surface area contributed by atoms with Gasteiger partial charge in [-0.25, -0.2) is 17.5 Å². The molecule has 1 aromatic carbocycles. The number of ether oxygens (including phenoxy) is 1. The highest BCUT2D eigenvalue weighted by atomic mass is 32.2. The van der Waals surface area contributed by atoms with Gasteiger partial charge in [0, 0.05) is 34.6 Å². The summed E-state index contributed by atoms with van der Waals surface area (Å²) in [7, 11) is -3.88. The zero-order valence-corrected chi connectivity index (χ0v) is 21.8. The van der Waals surface area contributed by atoms with Crippen molar-refractivity contribution in [2.24, 2.45) is 0 Å². The standard InChI is InChI=1S/C21H34NO7PS2/c1-6-16(4)31-28-30(26,29-32-17(5)7-2)15-22(19(8-3)20(23)24)21(25)27-14-18-12-10-9-11-13-18/h9-13,16-17,19H,6-8,14-15H2,1-5H3,(H,23,24). The van der Waals surface area contributed by atoms with Crippen LogP contribution in [0.3, 0.4) is 0 Å². The van der Waals surface area contributed by atoms with E-state index in [0.717, 1.165) is 47.4 Å². The highest BCUT2D eigenvalue weighted by Gasteiger charge is 2.39.